The minimum Gasteiger partial charge on any atom is -0.396 e. The van der Waals surface area contributed by atoms with Crippen LogP contribution in [0.1, 0.15) is 44.9 Å². The maximum absolute atomic E-state index is 12.5. The number of rotatable bonds is 3. The molecule has 0 spiro atoms. The maximum atomic E-state index is 12.5. The second-order valence-electron chi connectivity index (χ2n) is 6.78. The molecule has 0 aromatic carbocycles. The summed E-state index contributed by atoms with van der Waals surface area (Å²) in [4.78, 5) is 12.5. The number of carbonyl (C=O) groups is 1. The molecule has 3 aliphatic rings. The highest BCUT2D eigenvalue weighted by atomic mass is 16.3. The molecule has 0 aromatic rings. The standard InChI is InChI=1S/C15H26N2O2/c16-14-10-6-5-9(7-10)13(14)15(19)17-12-4-2-1-3-11(12)8-18/h9-14,18H,1-8,16H2,(H,17,19). The van der Waals surface area contributed by atoms with Gasteiger partial charge in [0.25, 0.3) is 0 Å². The summed E-state index contributed by atoms with van der Waals surface area (Å²) in [5, 5.41) is 12.6. The summed E-state index contributed by atoms with van der Waals surface area (Å²) in [5.41, 5.74) is 6.23. The fourth-order valence-corrected chi connectivity index (χ4v) is 4.62. The van der Waals surface area contributed by atoms with Crippen molar-refractivity contribution in [1.82, 2.24) is 5.32 Å². The molecule has 19 heavy (non-hydrogen) atoms. The lowest BCUT2D eigenvalue weighted by atomic mass is 9.82. The lowest BCUT2D eigenvalue weighted by molar-refractivity contribution is -0.128. The van der Waals surface area contributed by atoms with E-state index in [1.54, 1.807) is 0 Å². The van der Waals surface area contributed by atoms with Crippen LogP contribution in [-0.4, -0.2) is 29.7 Å². The van der Waals surface area contributed by atoms with Gasteiger partial charge in [0.15, 0.2) is 0 Å². The first-order chi connectivity index (χ1) is 9.20. The number of nitrogens with two attached hydrogens (primary N) is 1. The molecule has 3 fully saturated rings. The highest BCUT2D eigenvalue weighted by Crippen LogP contribution is 2.47. The molecular formula is C15H26N2O2. The van der Waals surface area contributed by atoms with Gasteiger partial charge in [-0.25, -0.2) is 0 Å². The van der Waals surface area contributed by atoms with E-state index >= 15 is 0 Å². The second-order valence-corrected chi connectivity index (χ2v) is 6.78. The molecular weight excluding hydrogens is 240 g/mol. The summed E-state index contributed by atoms with van der Waals surface area (Å²) in [7, 11) is 0. The van der Waals surface area contributed by atoms with Gasteiger partial charge in [0, 0.05) is 24.6 Å². The normalized spacial score (nSPS) is 45.4. The number of hydrogen-bond acceptors (Lipinski definition) is 3. The first-order valence-corrected chi connectivity index (χ1v) is 7.87. The molecule has 0 aromatic heterocycles. The zero-order chi connectivity index (χ0) is 13.4. The van der Waals surface area contributed by atoms with Crippen molar-refractivity contribution in [2.75, 3.05) is 6.61 Å². The van der Waals surface area contributed by atoms with Gasteiger partial charge in [0.1, 0.15) is 0 Å². The third kappa shape index (κ3) is 2.40. The van der Waals surface area contributed by atoms with E-state index in [1.807, 2.05) is 0 Å². The van der Waals surface area contributed by atoms with E-state index in [-0.39, 0.29) is 36.4 Å². The highest BCUT2D eigenvalue weighted by Gasteiger charge is 2.49. The number of amides is 1. The number of nitrogens with one attached hydrogen (secondary N) is 1. The molecule has 0 aliphatic heterocycles. The molecule has 3 saturated carbocycles. The minimum atomic E-state index is 0.0278. The van der Waals surface area contributed by atoms with Crippen LogP contribution in [0.25, 0.3) is 0 Å². The Kier molecular flexibility index (Phi) is 3.81. The topological polar surface area (TPSA) is 75.4 Å². The van der Waals surface area contributed by atoms with Crippen molar-refractivity contribution in [2.45, 2.75) is 57.0 Å². The van der Waals surface area contributed by atoms with E-state index in [4.69, 9.17) is 5.73 Å². The number of carbonyl (C=O) groups excluding carboxylic acids is 1. The van der Waals surface area contributed by atoms with Gasteiger partial charge in [-0.1, -0.05) is 12.8 Å². The van der Waals surface area contributed by atoms with Crippen LogP contribution in [-0.2, 0) is 4.79 Å². The molecule has 2 bridgehead atoms. The summed E-state index contributed by atoms with van der Waals surface area (Å²) < 4.78 is 0. The van der Waals surface area contributed by atoms with Gasteiger partial charge in [0.05, 0.1) is 5.92 Å². The fourth-order valence-electron chi connectivity index (χ4n) is 4.62. The van der Waals surface area contributed by atoms with Crippen molar-refractivity contribution < 1.29 is 9.90 Å². The summed E-state index contributed by atoms with van der Waals surface area (Å²) >= 11 is 0. The third-order valence-corrected chi connectivity index (χ3v) is 5.75. The van der Waals surface area contributed by atoms with Crippen LogP contribution in [0.15, 0.2) is 0 Å². The predicted octanol–water partition coefficient (Wildman–Crippen LogP) is 1.03. The average molecular weight is 266 g/mol. The zero-order valence-corrected chi connectivity index (χ0v) is 11.6. The molecule has 3 aliphatic carbocycles. The first-order valence-electron chi connectivity index (χ1n) is 7.87. The molecule has 4 N–H and O–H groups in total. The summed E-state index contributed by atoms with van der Waals surface area (Å²) in [6, 6.07) is 0.229. The summed E-state index contributed by atoms with van der Waals surface area (Å²) in [6.07, 6.45) is 7.89. The van der Waals surface area contributed by atoms with Crippen LogP contribution < -0.4 is 11.1 Å². The van der Waals surface area contributed by atoms with Gasteiger partial charge >= 0.3 is 0 Å². The van der Waals surface area contributed by atoms with Gasteiger partial charge in [0.2, 0.25) is 5.91 Å². The maximum Gasteiger partial charge on any atom is 0.225 e. The largest absolute Gasteiger partial charge is 0.396 e. The van der Waals surface area contributed by atoms with Crippen molar-refractivity contribution in [3.05, 3.63) is 0 Å². The monoisotopic (exact) mass is 266 g/mol. The Morgan fingerprint density at radius 1 is 1.16 bits per heavy atom. The molecule has 108 valence electrons. The fraction of sp³-hybridized carbons (Fsp3) is 0.933. The molecule has 0 heterocycles. The number of aliphatic hydroxyl groups excluding tert-OH is 1. The second kappa shape index (κ2) is 5.41. The van der Waals surface area contributed by atoms with Crippen LogP contribution in [0.3, 0.4) is 0 Å². The molecule has 3 rings (SSSR count). The number of hydrogen-bond donors (Lipinski definition) is 3. The van der Waals surface area contributed by atoms with Crippen molar-refractivity contribution in [3.8, 4) is 0 Å². The van der Waals surface area contributed by atoms with E-state index in [1.165, 1.54) is 19.3 Å². The molecule has 0 radical (unpaired) electrons. The Hall–Kier alpha value is -0.610. The van der Waals surface area contributed by atoms with Crippen molar-refractivity contribution in [3.63, 3.8) is 0 Å². The zero-order valence-electron chi connectivity index (χ0n) is 11.6. The highest BCUT2D eigenvalue weighted by molar-refractivity contribution is 5.80. The quantitative estimate of drug-likeness (QED) is 0.714. The third-order valence-electron chi connectivity index (χ3n) is 5.75. The number of aliphatic hydroxyl groups is 1. The van der Waals surface area contributed by atoms with Crippen LogP contribution in [0.4, 0.5) is 0 Å². The van der Waals surface area contributed by atoms with Gasteiger partial charge in [-0.3, -0.25) is 4.79 Å². The smallest absolute Gasteiger partial charge is 0.225 e. The Labute approximate surface area is 115 Å². The Morgan fingerprint density at radius 3 is 2.58 bits per heavy atom. The van der Waals surface area contributed by atoms with Gasteiger partial charge in [-0.15, -0.1) is 0 Å². The van der Waals surface area contributed by atoms with E-state index < -0.39 is 0 Å². The van der Waals surface area contributed by atoms with E-state index in [9.17, 15) is 9.90 Å². The van der Waals surface area contributed by atoms with E-state index in [0.29, 0.717) is 11.8 Å². The summed E-state index contributed by atoms with van der Waals surface area (Å²) in [5.74, 6) is 1.51. The van der Waals surface area contributed by atoms with E-state index in [2.05, 4.69) is 5.32 Å². The van der Waals surface area contributed by atoms with Gasteiger partial charge < -0.3 is 16.2 Å². The molecule has 1 amide bonds. The summed E-state index contributed by atoms with van der Waals surface area (Å²) in [6.45, 7) is 0.188. The average Bonchev–Trinajstić information content (AvgIpc) is 3.00. The molecule has 4 heteroatoms. The lowest BCUT2D eigenvalue weighted by Gasteiger charge is -2.34. The molecule has 4 nitrogen and oxygen atoms in total. The van der Waals surface area contributed by atoms with E-state index in [0.717, 1.165) is 25.7 Å². The predicted molar refractivity (Wildman–Crippen MR) is 73.3 cm³/mol. The van der Waals surface area contributed by atoms with Crippen LogP contribution in [0.2, 0.25) is 0 Å². The van der Waals surface area contributed by atoms with Gasteiger partial charge in [-0.2, -0.15) is 0 Å². The van der Waals surface area contributed by atoms with Crippen LogP contribution >= 0.6 is 0 Å². The number of fused-ring (bicyclic) bond motifs is 2. The van der Waals surface area contributed by atoms with Crippen molar-refractivity contribution in [2.24, 2.45) is 29.4 Å². The van der Waals surface area contributed by atoms with Crippen LogP contribution in [0, 0.1) is 23.7 Å². The van der Waals surface area contributed by atoms with Crippen LogP contribution in [0.5, 0.6) is 0 Å². The minimum absolute atomic E-state index is 0.0278. The molecule has 6 atom stereocenters. The first kappa shape index (κ1) is 13.4. The Morgan fingerprint density at radius 2 is 1.89 bits per heavy atom. The lowest BCUT2D eigenvalue weighted by Crippen LogP contribution is -2.51. The Bertz CT molecular complexity index is 345. The Balaban J connectivity index is 1.61. The van der Waals surface area contributed by atoms with Crippen molar-refractivity contribution in [1.29, 1.82) is 0 Å². The SMILES string of the molecule is NC1C2CCC(C2)C1C(=O)NC1CCCCC1CO. The van der Waals surface area contributed by atoms with Gasteiger partial charge in [-0.05, 0) is 43.9 Å². The molecule has 0 saturated heterocycles. The molecule has 6 unspecified atom stereocenters. The van der Waals surface area contributed by atoms with Crippen molar-refractivity contribution >= 4 is 5.91 Å².